The Morgan fingerprint density at radius 1 is 1.60 bits per heavy atom. The van der Waals surface area contributed by atoms with Gasteiger partial charge in [0.1, 0.15) is 0 Å². The van der Waals surface area contributed by atoms with Crippen molar-refractivity contribution in [1.82, 2.24) is 14.9 Å². The molecule has 5 heteroatoms. The fourth-order valence-corrected chi connectivity index (χ4v) is 2.85. The highest BCUT2D eigenvalue weighted by molar-refractivity contribution is 9.10. The average Bonchev–Trinajstić information content (AvgIpc) is 2.79. The molecule has 0 unspecified atom stereocenters. The summed E-state index contributed by atoms with van der Waals surface area (Å²) in [5.74, 6) is 0. The number of nitrogens with one attached hydrogen (secondary N) is 1. The lowest BCUT2D eigenvalue weighted by Crippen LogP contribution is -2.05. The molecule has 0 fully saturated rings. The lowest BCUT2D eigenvalue weighted by molar-refractivity contribution is 0.786. The topological polar surface area (TPSA) is 29.9 Å². The maximum Gasteiger partial charge on any atom is 0.0953 e. The highest BCUT2D eigenvalue weighted by Gasteiger charge is 2.03. The number of hydrogen-bond acceptors (Lipinski definition) is 3. The van der Waals surface area contributed by atoms with Crippen LogP contribution in [0.2, 0.25) is 0 Å². The zero-order valence-electron chi connectivity index (χ0n) is 8.40. The van der Waals surface area contributed by atoms with Crippen molar-refractivity contribution in [1.29, 1.82) is 0 Å². The monoisotopic (exact) mass is 285 g/mol. The largest absolute Gasteiger partial charge is 0.332 e. The summed E-state index contributed by atoms with van der Waals surface area (Å²) in [6.45, 7) is 1.70. The van der Waals surface area contributed by atoms with E-state index in [-0.39, 0.29) is 0 Å². The second-order valence-corrected chi connectivity index (χ2v) is 5.11. The summed E-state index contributed by atoms with van der Waals surface area (Å²) in [7, 11) is 1.93. The molecule has 0 aromatic carbocycles. The van der Waals surface area contributed by atoms with Crippen molar-refractivity contribution in [2.75, 3.05) is 7.05 Å². The summed E-state index contributed by atoms with van der Waals surface area (Å²) in [6.07, 6.45) is 3.95. The number of nitrogens with zero attached hydrogens (tertiary/aromatic N) is 2. The Hall–Kier alpha value is -0.650. The zero-order chi connectivity index (χ0) is 10.7. The number of thiophene rings is 1. The molecule has 0 atom stereocenters. The first-order valence-corrected chi connectivity index (χ1v) is 6.34. The summed E-state index contributed by atoms with van der Waals surface area (Å²) in [5.41, 5.74) is 1.07. The molecule has 2 aromatic rings. The van der Waals surface area contributed by atoms with Crippen LogP contribution in [0.5, 0.6) is 0 Å². The minimum absolute atomic E-state index is 0.818. The number of halogens is 1. The summed E-state index contributed by atoms with van der Waals surface area (Å²) in [5, 5.41) is 5.17. The van der Waals surface area contributed by atoms with Crippen LogP contribution in [-0.2, 0) is 13.1 Å². The first-order chi connectivity index (χ1) is 7.29. The Morgan fingerprint density at radius 3 is 3.13 bits per heavy atom. The van der Waals surface area contributed by atoms with E-state index in [1.54, 1.807) is 11.3 Å². The van der Waals surface area contributed by atoms with Gasteiger partial charge in [0.25, 0.3) is 0 Å². The van der Waals surface area contributed by atoms with Crippen LogP contribution in [-0.4, -0.2) is 16.6 Å². The van der Waals surface area contributed by atoms with E-state index in [2.05, 4.69) is 48.4 Å². The molecule has 2 rings (SSSR count). The molecular weight excluding hydrogens is 274 g/mol. The first kappa shape index (κ1) is 10.9. The van der Waals surface area contributed by atoms with Crippen molar-refractivity contribution in [3.8, 4) is 0 Å². The number of imidazole rings is 1. The van der Waals surface area contributed by atoms with Gasteiger partial charge in [0.05, 0.1) is 18.6 Å². The number of aromatic nitrogens is 2. The molecule has 0 aliphatic rings. The van der Waals surface area contributed by atoms with E-state index in [4.69, 9.17) is 0 Å². The lowest BCUT2D eigenvalue weighted by Gasteiger charge is -1.99. The van der Waals surface area contributed by atoms with Crippen molar-refractivity contribution in [3.63, 3.8) is 0 Å². The van der Waals surface area contributed by atoms with Crippen LogP contribution in [0, 0.1) is 0 Å². The molecule has 2 aromatic heterocycles. The molecule has 3 nitrogen and oxygen atoms in total. The third-order valence-corrected chi connectivity index (χ3v) is 3.97. The smallest absolute Gasteiger partial charge is 0.0953 e. The Kier molecular flexibility index (Phi) is 3.56. The third kappa shape index (κ3) is 2.68. The van der Waals surface area contributed by atoms with Crippen LogP contribution in [0.3, 0.4) is 0 Å². The van der Waals surface area contributed by atoms with E-state index in [0.29, 0.717) is 0 Å². The maximum atomic E-state index is 4.31. The lowest BCUT2D eigenvalue weighted by atomic mass is 10.4. The molecule has 0 bridgehead atoms. The highest BCUT2D eigenvalue weighted by atomic mass is 79.9. The Morgan fingerprint density at radius 2 is 2.47 bits per heavy atom. The summed E-state index contributed by atoms with van der Waals surface area (Å²) in [6, 6.07) is 2.07. The van der Waals surface area contributed by atoms with Gasteiger partial charge in [-0.3, -0.25) is 0 Å². The normalized spacial score (nSPS) is 10.8. The second kappa shape index (κ2) is 4.92. The minimum Gasteiger partial charge on any atom is -0.332 e. The van der Waals surface area contributed by atoms with Crippen molar-refractivity contribution in [2.24, 2.45) is 0 Å². The molecule has 1 N–H and O–H groups in total. The molecule has 0 saturated carbocycles. The van der Waals surface area contributed by atoms with Gasteiger partial charge in [0, 0.05) is 22.1 Å². The van der Waals surface area contributed by atoms with E-state index in [1.165, 1.54) is 9.35 Å². The fourth-order valence-electron chi connectivity index (χ4n) is 1.37. The summed E-state index contributed by atoms with van der Waals surface area (Å²) in [4.78, 5) is 5.63. The Balaban J connectivity index is 2.08. The SMILES string of the molecule is CNCc1cn(Cc2sccc2Br)cn1. The standard InChI is InChI=1S/C10H12BrN3S/c1-12-4-8-5-14(7-13-8)6-10-9(11)2-3-15-10/h2-3,5,7,12H,4,6H2,1H3. The molecule has 0 amide bonds. The van der Waals surface area contributed by atoms with Crippen molar-refractivity contribution < 1.29 is 0 Å². The quantitative estimate of drug-likeness (QED) is 0.935. The molecule has 80 valence electrons. The highest BCUT2D eigenvalue weighted by Crippen LogP contribution is 2.23. The van der Waals surface area contributed by atoms with E-state index >= 15 is 0 Å². The molecule has 0 aliphatic heterocycles. The van der Waals surface area contributed by atoms with Gasteiger partial charge in [-0.2, -0.15) is 0 Å². The average molecular weight is 286 g/mol. The predicted molar refractivity (Wildman–Crippen MR) is 66.1 cm³/mol. The van der Waals surface area contributed by atoms with Gasteiger partial charge in [-0.05, 0) is 34.4 Å². The van der Waals surface area contributed by atoms with Gasteiger partial charge in [-0.25, -0.2) is 4.98 Å². The minimum atomic E-state index is 0.818. The molecule has 0 aliphatic carbocycles. The van der Waals surface area contributed by atoms with Gasteiger partial charge in [-0.15, -0.1) is 11.3 Å². The fraction of sp³-hybridized carbons (Fsp3) is 0.300. The molecule has 0 radical (unpaired) electrons. The van der Waals surface area contributed by atoms with Crippen LogP contribution < -0.4 is 5.32 Å². The van der Waals surface area contributed by atoms with Crippen LogP contribution in [0.15, 0.2) is 28.4 Å². The number of hydrogen-bond donors (Lipinski definition) is 1. The van der Waals surface area contributed by atoms with E-state index < -0.39 is 0 Å². The zero-order valence-corrected chi connectivity index (χ0v) is 10.8. The van der Waals surface area contributed by atoms with Crippen molar-refractivity contribution in [2.45, 2.75) is 13.1 Å². The number of rotatable bonds is 4. The van der Waals surface area contributed by atoms with Gasteiger partial charge in [0.2, 0.25) is 0 Å². The van der Waals surface area contributed by atoms with Crippen LogP contribution in [0.1, 0.15) is 10.6 Å². The van der Waals surface area contributed by atoms with Gasteiger partial charge >= 0.3 is 0 Å². The van der Waals surface area contributed by atoms with Crippen molar-refractivity contribution in [3.05, 3.63) is 39.0 Å². The van der Waals surface area contributed by atoms with E-state index in [9.17, 15) is 0 Å². The predicted octanol–water partition coefficient (Wildman–Crippen LogP) is 2.47. The summed E-state index contributed by atoms with van der Waals surface area (Å²) >= 11 is 5.28. The van der Waals surface area contributed by atoms with Gasteiger partial charge in [-0.1, -0.05) is 0 Å². The van der Waals surface area contributed by atoms with E-state index in [1.807, 2.05) is 13.4 Å². The van der Waals surface area contributed by atoms with E-state index in [0.717, 1.165) is 18.8 Å². The van der Waals surface area contributed by atoms with Gasteiger partial charge in [0.15, 0.2) is 0 Å². The Bertz CT molecular complexity index is 435. The van der Waals surface area contributed by atoms with Crippen LogP contribution in [0.4, 0.5) is 0 Å². The maximum absolute atomic E-state index is 4.31. The third-order valence-electron chi connectivity index (χ3n) is 2.06. The van der Waals surface area contributed by atoms with Crippen LogP contribution in [0.25, 0.3) is 0 Å². The first-order valence-electron chi connectivity index (χ1n) is 4.66. The summed E-state index contributed by atoms with van der Waals surface area (Å²) < 4.78 is 3.28. The molecule has 15 heavy (non-hydrogen) atoms. The molecule has 0 saturated heterocycles. The van der Waals surface area contributed by atoms with Crippen molar-refractivity contribution >= 4 is 27.3 Å². The van der Waals surface area contributed by atoms with Gasteiger partial charge < -0.3 is 9.88 Å². The second-order valence-electron chi connectivity index (χ2n) is 3.26. The molecule has 2 heterocycles. The Labute approximate surface area is 101 Å². The van der Waals surface area contributed by atoms with Crippen LogP contribution >= 0.6 is 27.3 Å². The molecule has 0 spiro atoms. The molecular formula is C10H12BrN3S.